The summed E-state index contributed by atoms with van der Waals surface area (Å²) >= 11 is 0. The number of amides is 1. The second-order valence-electron chi connectivity index (χ2n) is 5.52. The average molecular weight is 349 g/mol. The van der Waals surface area contributed by atoms with Gasteiger partial charge in [-0.1, -0.05) is 48.5 Å². The highest BCUT2D eigenvalue weighted by Gasteiger charge is 2.16. The van der Waals surface area contributed by atoms with Crippen molar-refractivity contribution >= 4 is 15.7 Å². The van der Waals surface area contributed by atoms with Crippen molar-refractivity contribution in [1.82, 2.24) is 5.32 Å². The fraction of sp³-hybridized carbons (Fsp3) is 0.278. The third-order valence-electron chi connectivity index (χ3n) is 3.55. The number of halogens is 1. The monoisotopic (exact) mass is 349 g/mol. The van der Waals surface area contributed by atoms with Crippen molar-refractivity contribution in [1.29, 1.82) is 0 Å². The van der Waals surface area contributed by atoms with Crippen molar-refractivity contribution in [2.45, 2.75) is 18.6 Å². The van der Waals surface area contributed by atoms with E-state index in [1.54, 1.807) is 6.07 Å². The van der Waals surface area contributed by atoms with E-state index in [-0.39, 0.29) is 23.6 Å². The molecule has 6 heteroatoms. The molecule has 0 aliphatic heterocycles. The van der Waals surface area contributed by atoms with Gasteiger partial charge in [-0.15, -0.1) is 0 Å². The summed E-state index contributed by atoms with van der Waals surface area (Å²) in [5.41, 5.74) is 1.23. The molecule has 0 unspecified atom stereocenters. The quantitative estimate of drug-likeness (QED) is 0.796. The molecule has 2 rings (SSSR count). The molecule has 4 nitrogen and oxygen atoms in total. The van der Waals surface area contributed by atoms with Crippen LogP contribution in [0.2, 0.25) is 0 Å². The fourth-order valence-corrected chi connectivity index (χ4v) is 3.60. The van der Waals surface area contributed by atoms with E-state index >= 15 is 0 Å². The van der Waals surface area contributed by atoms with Crippen molar-refractivity contribution < 1.29 is 17.6 Å². The molecule has 24 heavy (non-hydrogen) atoms. The van der Waals surface area contributed by atoms with Gasteiger partial charge in [0.25, 0.3) is 0 Å². The van der Waals surface area contributed by atoms with E-state index in [1.165, 1.54) is 18.2 Å². The molecule has 2 aromatic rings. The van der Waals surface area contributed by atoms with E-state index in [4.69, 9.17) is 0 Å². The third kappa shape index (κ3) is 6.12. The summed E-state index contributed by atoms with van der Waals surface area (Å²) in [7, 11) is -3.53. The predicted molar refractivity (Wildman–Crippen MR) is 91.7 cm³/mol. The van der Waals surface area contributed by atoms with Crippen molar-refractivity contribution in [2.75, 3.05) is 12.3 Å². The van der Waals surface area contributed by atoms with Crippen LogP contribution in [0.4, 0.5) is 4.39 Å². The highest BCUT2D eigenvalue weighted by molar-refractivity contribution is 7.90. The van der Waals surface area contributed by atoms with Crippen LogP contribution in [0.1, 0.15) is 17.5 Å². The first-order valence-electron chi connectivity index (χ1n) is 7.71. The van der Waals surface area contributed by atoms with Gasteiger partial charge in [-0.2, -0.15) is 0 Å². The number of hydrogen-bond acceptors (Lipinski definition) is 3. The Morgan fingerprint density at radius 1 is 1.00 bits per heavy atom. The van der Waals surface area contributed by atoms with Crippen molar-refractivity contribution in [3.05, 3.63) is 71.5 Å². The Labute approximate surface area is 141 Å². The Balaban J connectivity index is 1.75. The molecule has 0 aliphatic carbocycles. The Morgan fingerprint density at radius 3 is 2.38 bits per heavy atom. The van der Waals surface area contributed by atoms with Crippen LogP contribution in [-0.4, -0.2) is 26.6 Å². The Bertz CT molecular complexity index is 776. The zero-order chi connectivity index (χ0) is 17.4. The minimum Gasteiger partial charge on any atom is -0.356 e. The van der Waals surface area contributed by atoms with Gasteiger partial charge in [-0.05, 0) is 18.1 Å². The molecule has 128 valence electrons. The van der Waals surface area contributed by atoms with E-state index < -0.39 is 21.4 Å². The topological polar surface area (TPSA) is 63.2 Å². The normalized spacial score (nSPS) is 11.2. The second-order valence-corrected chi connectivity index (χ2v) is 7.70. The molecule has 0 radical (unpaired) electrons. The van der Waals surface area contributed by atoms with Crippen LogP contribution in [0, 0.1) is 5.82 Å². The van der Waals surface area contributed by atoms with E-state index in [1.807, 2.05) is 30.3 Å². The predicted octanol–water partition coefficient (Wildman–Crippen LogP) is 2.49. The fourth-order valence-electron chi connectivity index (χ4n) is 2.25. The largest absolute Gasteiger partial charge is 0.356 e. The number of carbonyl (C=O) groups is 1. The summed E-state index contributed by atoms with van der Waals surface area (Å²) in [6.07, 6.45) is 0.570. The van der Waals surface area contributed by atoms with Crippen LogP contribution in [0.5, 0.6) is 0 Å². The zero-order valence-electron chi connectivity index (χ0n) is 13.2. The molecule has 2 aromatic carbocycles. The molecule has 0 saturated carbocycles. The zero-order valence-corrected chi connectivity index (χ0v) is 14.1. The van der Waals surface area contributed by atoms with E-state index in [2.05, 4.69) is 5.32 Å². The minimum absolute atomic E-state index is 0.119. The second kappa shape index (κ2) is 8.59. The lowest BCUT2D eigenvalue weighted by molar-refractivity contribution is -0.120. The van der Waals surface area contributed by atoms with E-state index in [0.29, 0.717) is 13.0 Å². The maximum absolute atomic E-state index is 13.5. The molecule has 0 aromatic heterocycles. The van der Waals surface area contributed by atoms with Crippen LogP contribution in [0.3, 0.4) is 0 Å². The molecule has 0 spiro atoms. The highest BCUT2D eigenvalue weighted by Crippen LogP contribution is 2.11. The molecule has 0 bridgehead atoms. The molecular formula is C18H20FNO3S. The third-order valence-corrected chi connectivity index (χ3v) is 5.13. The van der Waals surface area contributed by atoms with Crippen molar-refractivity contribution in [3.8, 4) is 0 Å². The highest BCUT2D eigenvalue weighted by atomic mass is 32.2. The molecule has 0 saturated heterocycles. The first kappa shape index (κ1) is 18.1. The average Bonchev–Trinajstić information content (AvgIpc) is 2.56. The molecule has 1 N–H and O–H groups in total. The van der Waals surface area contributed by atoms with Crippen molar-refractivity contribution in [3.63, 3.8) is 0 Å². The van der Waals surface area contributed by atoms with Gasteiger partial charge in [0.2, 0.25) is 5.91 Å². The number of sulfone groups is 1. The first-order chi connectivity index (χ1) is 11.5. The SMILES string of the molecule is O=C(CCS(=O)(=O)Cc1ccccc1F)NCCc1ccccc1. The van der Waals surface area contributed by atoms with Gasteiger partial charge in [-0.3, -0.25) is 4.79 Å². The number of hydrogen-bond donors (Lipinski definition) is 1. The number of rotatable bonds is 8. The lowest BCUT2D eigenvalue weighted by atomic mass is 10.1. The number of benzene rings is 2. The lowest BCUT2D eigenvalue weighted by Crippen LogP contribution is -2.27. The maximum Gasteiger partial charge on any atom is 0.221 e. The van der Waals surface area contributed by atoms with Gasteiger partial charge < -0.3 is 5.32 Å². The smallest absolute Gasteiger partial charge is 0.221 e. The number of nitrogens with one attached hydrogen (secondary N) is 1. The number of carbonyl (C=O) groups excluding carboxylic acids is 1. The molecular weight excluding hydrogens is 329 g/mol. The summed E-state index contributed by atoms with van der Waals surface area (Å²) < 4.78 is 37.5. The molecule has 0 fully saturated rings. The summed E-state index contributed by atoms with van der Waals surface area (Å²) in [5, 5.41) is 2.70. The van der Waals surface area contributed by atoms with Gasteiger partial charge in [-0.25, -0.2) is 12.8 Å². The van der Waals surface area contributed by atoms with Gasteiger partial charge in [0.05, 0.1) is 11.5 Å². The van der Waals surface area contributed by atoms with E-state index in [0.717, 1.165) is 5.56 Å². The summed E-state index contributed by atoms with van der Waals surface area (Å²) in [4.78, 5) is 11.7. The molecule has 0 aliphatic rings. The van der Waals surface area contributed by atoms with Crippen LogP contribution >= 0.6 is 0 Å². The maximum atomic E-state index is 13.5. The van der Waals surface area contributed by atoms with Gasteiger partial charge >= 0.3 is 0 Å². The van der Waals surface area contributed by atoms with Crippen LogP contribution < -0.4 is 5.32 Å². The van der Waals surface area contributed by atoms with Crippen molar-refractivity contribution in [2.24, 2.45) is 0 Å². The molecule has 0 heterocycles. The van der Waals surface area contributed by atoms with Crippen LogP contribution in [0.25, 0.3) is 0 Å². The summed E-state index contributed by atoms with van der Waals surface area (Å²) in [6, 6.07) is 15.4. The Hall–Kier alpha value is -2.21. The van der Waals surface area contributed by atoms with E-state index in [9.17, 15) is 17.6 Å². The van der Waals surface area contributed by atoms with Gasteiger partial charge in [0, 0.05) is 18.5 Å². The lowest BCUT2D eigenvalue weighted by Gasteiger charge is -2.07. The van der Waals surface area contributed by atoms with Crippen LogP contribution in [0.15, 0.2) is 54.6 Å². The molecule has 1 amide bonds. The van der Waals surface area contributed by atoms with Crippen LogP contribution in [-0.2, 0) is 26.8 Å². The Kier molecular flexibility index (Phi) is 6.49. The summed E-state index contributed by atoms with van der Waals surface area (Å²) in [6.45, 7) is 0.455. The first-order valence-corrected chi connectivity index (χ1v) is 9.53. The standard InChI is InChI=1S/C18H20FNO3S/c19-17-9-5-4-8-16(17)14-24(22,23)13-11-18(21)20-12-10-15-6-2-1-3-7-15/h1-9H,10-14H2,(H,20,21). The Morgan fingerprint density at radius 2 is 1.67 bits per heavy atom. The van der Waals surface area contributed by atoms with Gasteiger partial charge in [0.15, 0.2) is 9.84 Å². The summed E-state index contributed by atoms with van der Waals surface area (Å²) in [5.74, 6) is -1.55. The molecule has 0 atom stereocenters. The van der Waals surface area contributed by atoms with Gasteiger partial charge in [0.1, 0.15) is 5.82 Å². The minimum atomic E-state index is -3.53.